The second-order valence-corrected chi connectivity index (χ2v) is 7.61. The zero-order valence-corrected chi connectivity index (χ0v) is 17.0. The van der Waals surface area contributed by atoms with Gasteiger partial charge in [-0.25, -0.2) is 4.98 Å². The molecule has 1 aromatic rings. The molecule has 2 aliphatic rings. The highest BCUT2D eigenvalue weighted by molar-refractivity contribution is 5.97. The highest BCUT2D eigenvalue weighted by Crippen LogP contribution is 2.21. The van der Waals surface area contributed by atoms with Gasteiger partial charge in [-0.3, -0.25) is 14.5 Å². The Morgan fingerprint density at radius 3 is 2.57 bits per heavy atom. The summed E-state index contributed by atoms with van der Waals surface area (Å²) in [5.41, 5.74) is 1.28. The average Bonchev–Trinajstić information content (AvgIpc) is 3.08. The van der Waals surface area contributed by atoms with Crippen molar-refractivity contribution in [3.63, 3.8) is 0 Å². The van der Waals surface area contributed by atoms with Crippen molar-refractivity contribution in [2.75, 3.05) is 66.6 Å². The molecule has 0 aromatic carbocycles. The van der Waals surface area contributed by atoms with Gasteiger partial charge in [0.15, 0.2) is 5.82 Å². The van der Waals surface area contributed by atoms with Gasteiger partial charge in [0.05, 0.1) is 18.9 Å². The Balaban J connectivity index is 1.62. The molecule has 3 heterocycles. The van der Waals surface area contributed by atoms with E-state index in [1.54, 1.807) is 0 Å². The summed E-state index contributed by atoms with van der Waals surface area (Å²) in [6.07, 6.45) is 2.80. The highest BCUT2D eigenvalue weighted by Gasteiger charge is 2.27. The highest BCUT2D eigenvalue weighted by atomic mass is 16.5. The predicted octanol–water partition coefficient (Wildman–Crippen LogP) is -0.427. The first kappa shape index (κ1) is 20.8. The summed E-state index contributed by atoms with van der Waals surface area (Å²) in [7, 11) is 3.92. The van der Waals surface area contributed by atoms with E-state index in [-0.39, 0.29) is 11.8 Å². The largest absolute Gasteiger partial charge is 0.379 e. The fourth-order valence-electron chi connectivity index (χ4n) is 3.61. The van der Waals surface area contributed by atoms with E-state index >= 15 is 0 Å². The van der Waals surface area contributed by atoms with E-state index < -0.39 is 0 Å². The van der Waals surface area contributed by atoms with Crippen molar-refractivity contribution in [2.24, 2.45) is 0 Å². The van der Waals surface area contributed by atoms with E-state index in [1.807, 2.05) is 23.6 Å². The molecule has 156 valence electrons. The lowest BCUT2D eigenvalue weighted by atomic mass is 10.1. The number of fused-ring (bicyclic) bond motifs is 1. The molecule has 0 saturated carbocycles. The molecule has 9 heteroatoms. The third-order valence-corrected chi connectivity index (χ3v) is 5.20. The van der Waals surface area contributed by atoms with Crippen LogP contribution in [-0.2, 0) is 17.7 Å². The number of hydrogen-bond acceptors (Lipinski definition) is 6. The number of nitrogens with zero attached hydrogens (tertiary/aromatic N) is 4. The van der Waals surface area contributed by atoms with Crippen molar-refractivity contribution < 1.29 is 14.3 Å². The van der Waals surface area contributed by atoms with E-state index in [9.17, 15) is 9.59 Å². The maximum absolute atomic E-state index is 12.7. The number of rotatable bonds is 8. The van der Waals surface area contributed by atoms with Crippen LogP contribution in [0.1, 0.15) is 39.6 Å². The summed E-state index contributed by atoms with van der Waals surface area (Å²) in [5.74, 6) is -0.0459. The molecule has 0 radical (unpaired) electrons. The van der Waals surface area contributed by atoms with Crippen LogP contribution < -0.4 is 10.6 Å². The number of hydrogen-bond donors (Lipinski definition) is 2. The van der Waals surface area contributed by atoms with Gasteiger partial charge in [0.1, 0.15) is 5.69 Å². The number of likely N-dealkylation sites (N-methyl/N-ethyl adjacent to an activating group) is 1. The lowest BCUT2D eigenvalue weighted by molar-refractivity contribution is 0.0383. The molecule has 2 aliphatic heterocycles. The molecule has 0 aliphatic carbocycles. The summed E-state index contributed by atoms with van der Waals surface area (Å²) in [5, 5.41) is 5.88. The van der Waals surface area contributed by atoms with Crippen molar-refractivity contribution in [2.45, 2.75) is 25.8 Å². The molecule has 28 heavy (non-hydrogen) atoms. The van der Waals surface area contributed by atoms with Crippen molar-refractivity contribution in [1.82, 2.24) is 30.0 Å². The van der Waals surface area contributed by atoms with Crippen molar-refractivity contribution in [1.29, 1.82) is 0 Å². The van der Waals surface area contributed by atoms with Crippen LogP contribution in [0.3, 0.4) is 0 Å². The van der Waals surface area contributed by atoms with Crippen LogP contribution in [-0.4, -0.2) is 97.7 Å². The smallest absolute Gasteiger partial charge is 0.287 e. The van der Waals surface area contributed by atoms with Crippen LogP contribution >= 0.6 is 0 Å². The van der Waals surface area contributed by atoms with E-state index in [4.69, 9.17) is 4.74 Å². The normalized spacial score (nSPS) is 17.4. The third kappa shape index (κ3) is 5.30. The van der Waals surface area contributed by atoms with Gasteiger partial charge >= 0.3 is 0 Å². The van der Waals surface area contributed by atoms with Gasteiger partial charge < -0.3 is 24.8 Å². The van der Waals surface area contributed by atoms with Crippen LogP contribution in [0.15, 0.2) is 0 Å². The zero-order valence-electron chi connectivity index (χ0n) is 17.0. The lowest BCUT2D eigenvalue weighted by Crippen LogP contribution is -2.41. The van der Waals surface area contributed by atoms with Crippen molar-refractivity contribution in [3.05, 3.63) is 17.2 Å². The molecule has 9 nitrogen and oxygen atoms in total. The Kier molecular flexibility index (Phi) is 7.41. The van der Waals surface area contributed by atoms with Gasteiger partial charge in [-0.2, -0.15) is 0 Å². The Hall–Kier alpha value is -1.97. The minimum absolute atomic E-state index is 0.189. The summed E-state index contributed by atoms with van der Waals surface area (Å²) < 4.78 is 7.26. The number of aromatic nitrogens is 2. The van der Waals surface area contributed by atoms with Gasteiger partial charge in [-0.15, -0.1) is 0 Å². The summed E-state index contributed by atoms with van der Waals surface area (Å²) >= 11 is 0. The topological polar surface area (TPSA) is 91.7 Å². The minimum atomic E-state index is -0.211. The number of nitrogens with one attached hydrogen (secondary N) is 2. The Bertz CT molecular complexity index is 681. The lowest BCUT2D eigenvalue weighted by Gasteiger charge is -2.26. The quantitative estimate of drug-likeness (QED) is 0.624. The molecule has 3 rings (SSSR count). The van der Waals surface area contributed by atoms with Gasteiger partial charge in [0.2, 0.25) is 0 Å². The van der Waals surface area contributed by atoms with E-state index in [2.05, 4.69) is 20.5 Å². The summed E-state index contributed by atoms with van der Waals surface area (Å²) in [6.45, 7) is 6.69. The molecule has 0 unspecified atom stereocenters. The number of carbonyl (C=O) groups excluding carboxylic acids is 2. The molecule has 1 saturated heterocycles. The predicted molar refractivity (Wildman–Crippen MR) is 106 cm³/mol. The van der Waals surface area contributed by atoms with E-state index in [1.165, 1.54) is 0 Å². The fourth-order valence-corrected chi connectivity index (χ4v) is 3.61. The molecular weight excluding hydrogens is 360 g/mol. The van der Waals surface area contributed by atoms with E-state index in [0.29, 0.717) is 24.6 Å². The molecule has 0 atom stereocenters. The standard InChI is InChI=1S/C19H32N6O3/c1-23(2)9-6-21-19(27)17-22-16(15-5-3-4-8-25(15)17)18(26)20-7-10-24-11-13-28-14-12-24/h3-14H2,1-2H3,(H,20,26)(H,21,27). The first-order valence-electron chi connectivity index (χ1n) is 10.2. The van der Waals surface area contributed by atoms with Gasteiger partial charge in [-0.05, 0) is 33.4 Å². The van der Waals surface area contributed by atoms with Crippen molar-refractivity contribution in [3.8, 4) is 0 Å². The van der Waals surface area contributed by atoms with Crippen LogP contribution in [0, 0.1) is 0 Å². The maximum atomic E-state index is 12.7. The first-order valence-corrected chi connectivity index (χ1v) is 10.2. The molecule has 2 N–H and O–H groups in total. The van der Waals surface area contributed by atoms with Crippen LogP contribution in [0.5, 0.6) is 0 Å². The minimum Gasteiger partial charge on any atom is -0.379 e. The average molecular weight is 393 g/mol. The van der Waals surface area contributed by atoms with E-state index in [0.717, 1.165) is 70.9 Å². The van der Waals surface area contributed by atoms with Crippen molar-refractivity contribution >= 4 is 11.8 Å². The van der Waals surface area contributed by atoms with Crippen LogP contribution in [0.2, 0.25) is 0 Å². The van der Waals surface area contributed by atoms with Crippen LogP contribution in [0.25, 0.3) is 0 Å². The number of ether oxygens (including phenoxy) is 1. The third-order valence-electron chi connectivity index (χ3n) is 5.20. The van der Waals surface area contributed by atoms with Crippen LogP contribution in [0.4, 0.5) is 0 Å². The Morgan fingerprint density at radius 1 is 1.07 bits per heavy atom. The first-order chi connectivity index (χ1) is 13.6. The molecule has 1 fully saturated rings. The van der Waals surface area contributed by atoms with Gasteiger partial charge in [-0.1, -0.05) is 0 Å². The molecule has 0 bridgehead atoms. The SMILES string of the molecule is CN(C)CCNC(=O)c1nc(C(=O)NCCN2CCOCC2)c2n1CCCC2. The number of carbonyl (C=O) groups is 2. The molecule has 0 spiro atoms. The Morgan fingerprint density at radius 2 is 1.82 bits per heavy atom. The molecule has 2 amide bonds. The number of imidazole rings is 1. The monoisotopic (exact) mass is 392 g/mol. The second kappa shape index (κ2) is 9.99. The maximum Gasteiger partial charge on any atom is 0.287 e. The zero-order chi connectivity index (χ0) is 19.9. The summed E-state index contributed by atoms with van der Waals surface area (Å²) in [6, 6.07) is 0. The number of morpholine rings is 1. The number of amides is 2. The second-order valence-electron chi connectivity index (χ2n) is 7.61. The fraction of sp³-hybridized carbons (Fsp3) is 0.737. The summed E-state index contributed by atoms with van der Waals surface area (Å²) in [4.78, 5) is 34.0. The van der Waals surface area contributed by atoms with Gasteiger partial charge in [0.25, 0.3) is 11.8 Å². The molecule has 1 aromatic heterocycles. The molecular formula is C19H32N6O3. The van der Waals surface area contributed by atoms with Gasteiger partial charge in [0, 0.05) is 45.8 Å². The Labute approximate surface area is 166 Å².